The number of hydrogen-bond acceptors (Lipinski definition) is 4. The number of rotatable bonds is 4. The van der Waals surface area contributed by atoms with Crippen LogP contribution in [0, 0.1) is 6.92 Å². The summed E-state index contributed by atoms with van der Waals surface area (Å²) in [6.45, 7) is 13.7. The van der Waals surface area contributed by atoms with Gasteiger partial charge in [-0.3, -0.25) is 0 Å². The molecule has 0 fully saturated rings. The summed E-state index contributed by atoms with van der Waals surface area (Å²) in [6.07, 6.45) is -0.0236. The summed E-state index contributed by atoms with van der Waals surface area (Å²) in [5.74, 6) is 0.122. The summed E-state index contributed by atoms with van der Waals surface area (Å²) in [4.78, 5) is 12.2. The van der Waals surface area contributed by atoms with E-state index >= 15 is 0 Å². The molecule has 1 aromatic rings. The summed E-state index contributed by atoms with van der Waals surface area (Å²) in [5.41, 5.74) is 0.776. The van der Waals surface area contributed by atoms with E-state index in [1.165, 1.54) is 0 Å². The number of aromatic nitrogens is 2. The zero-order valence-electron chi connectivity index (χ0n) is 12.9. The average Bonchev–Trinajstić information content (AvgIpc) is 2.55. The van der Waals surface area contributed by atoms with E-state index in [2.05, 4.69) is 5.10 Å². The van der Waals surface area contributed by atoms with Crippen molar-refractivity contribution in [3.63, 3.8) is 0 Å². The van der Waals surface area contributed by atoms with Crippen LogP contribution < -0.4 is 4.74 Å². The standard InChI is InChI=1S/C14H24N2O3/c1-8-18-13(17)11-12(19-9(2)3)10(4)15-16(11)14(5,6)7/h9H,8H2,1-7H3. The summed E-state index contributed by atoms with van der Waals surface area (Å²) in [7, 11) is 0. The van der Waals surface area contributed by atoms with E-state index < -0.39 is 5.97 Å². The lowest BCUT2D eigenvalue weighted by molar-refractivity contribution is 0.0496. The summed E-state index contributed by atoms with van der Waals surface area (Å²) in [6, 6.07) is 0. The molecular formula is C14H24N2O3. The predicted octanol–water partition coefficient (Wildman–Crippen LogP) is 2.91. The first-order chi connectivity index (χ1) is 8.68. The molecule has 0 spiro atoms. The molecule has 1 rings (SSSR count). The average molecular weight is 268 g/mol. The predicted molar refractivity (Wildman–Crippen MR) is 73.7 cm³/mol. The van der Waals surface area contributed by atoms with Crippen molar-refractivity contribution in [2.45, 2.75) is 60.1 Å². The molecule has 0 aliphatic rings. The minimum Gasteiger partial charge on any atom is -0.486 e. The first kappa shape index (κ1) is 15.5. The molecule has 0 radical (unpaired) electrons. The van der Waals surface area contributed by atoms with Crippen molar-refractivity contribution < 1.29 is 14.3 Å². The highest BCUT2D eigenvalue weighted by Gasteiger charge is 2.30. The van der Waals surface area contributed by atoms with Crippen LogP contribution in [-0.4, -0.2) is 28.5 Å². The van der Waals surface area contributed by atoms with E-state index in [0.717, 1.165) is 0 Å². The van der Waals surface area contributed by atoms with E-state index in [-0.39, 0.29) is 11.6 Å². The number of aryl methyl sites for hydroxylation is 1. The summed E-state index contributed by atoms with van der Waals surface area (Å²) < 4.78 is 12.5. The third kappa shape index (κ3) is 3.49. The summed E-state index contributed by atoms with van der Waals surface area (Å²) in [5, 5.41) is 4.43. The van der Waals surface area contributed by atoms with E-state index in [1.807, 2.05) is 41.5 Å². The van der Waals surface area contributed by atoms with Crippen LogP contribution in [0.15, 0.2) is 0 Å². The Labute approximate surface area is 114 Å². The number of carbonyl (C=O) groups excluding carboxylic acids is 1. The Kier molecular flexibility index (Phi) is 4.61. The van der Waals surface area contributed by atoms with Crippen LogP contribution in [0.1, 0.15) is 57.7 Å². The molecule has 5 heteroatoms. The second-order valence-electron chi connectivity index (χ2n) is 5.73. The molecule has 0 unspecified atom stereocenters. The third-order valence-corrected chi connectivity index (χ3v) is 2.46. The molecule has 0 saturated carbocycles. The molecule has 5 nitrogen and oxygen atoms in total. The largest absolute Gasteiger partial charge is 0.486 e. The quantitative estimate of drug-likeness (QED) is 0.788. The molecule has 0 bridgehead atoms. The fraction of sp³-hybridized carbons (Fsp3) is 0.714. The molecule has 1 heterocycles. The molecule has 0 aliphatic heterocycles. The Hall–Kier alpha value is -1.52. The fourth-order valence-electron chi connectivity index (χ4n) is 1.75. The lowest BCUT2D eigenvalue weighted by Crippen LogP contribution is -2.28. The monoisotopic (exact) mass is 268 g/mol. The van der Waals surface area contributed by atoms with Gasteiger partial charge < -0.3 is 9.47 Å². The molecular weight excluding hydrogens is 244 g/mol. The topological polar surface area (TPSA) is 53.4 Å². The van der Waals surface area contributed by atoms with Crippen molar-refractivity contribution in [2.75, 3.05) is 6.61 Å². The molecule has 0 aliphatic carbocycles. The molecule has 0 aromatic carbocycles. The van der Waals surface area contributed by atoms with Gasteiger partial charge in [-0.25, -0.2) is 9.48 Å². The second-order valence-corrected chi connectivity index (χ2v) is 5.73. The maximum atomic E-state index is 12.2. The highest BCUT2D eigenvalue weighted by atomic mass is 16.5. The van der Waals surface area contributed by atoms with Crippen molar-refractivity contribution in [1.82, 2.24) is 9.78 Å². The summed E-state index contributed by atoms with van der Waals surface area (Å²) >= 11 is 0. The number of hydrogen-bond donors (Lipinski definition) is 0. The van der Waals surface area contributed by atoms with Gasteiger partial charge in [-0.2, -0.15) is 5.10 Å². The van der Waals surface area contributed by atoms with Crippen molar-refractivity contribution >= 4 is 5.97 Å². The number of ether oxygens (including phenoxy) is 2. The second kappa shape index (κ2) is 5.63. The number of carbonyl (C=O) groups is 1. The van der Waals surface area contributed by atoms with Gasteiger partial charge in [0.25, 0.3) is 0 Å². The zero-order valence-corrected chi connectivity index (χ0v) is 12.9. The lowest BCUT2D eigenvalue weighted by Gasteiger charge is -2.22. The fourth-order valence-corrected chi connectivity index (χ4v) is 1.75. The Bertz CT molecular complexity index is 456. The Morgan fingerprint density at radius 1 is 1.37 bits per heavy atom. The number of nitrogens with zero attached hydrogens (tertiary/aromatic N) is 2. The normalized spacial score (nSPS) is 11.8. The Morgan fingerprint density at radius 2 is 1.95 bits per heavy atom. The highest BCUT2D eigenvalue weighted by Crippen LogP contribution is 2.29. The molecule has 0 amide bonds. The zero-order chi connectivity index (χ0) is 14.8. The van der Waals surface area contributed by atoms with Gasteiger partial charge >= 0.3 is 5.97 Å². The van der Waals surface area contributed by atoms with Crippen molar-refractivity contribution in [3.8, 4) is 5.75 Å². The van der Waals surface area contributed by atoms with Crippen LogP contribution in [0.25, 0.3) is 0 Å². The van der Waals surface area contributed by atoms with Gasteiger partial charge in [0.1, 0.15) is 5.69 Å². The van der Waals surface area contributed by atoms with Crippen LogP contribution in [0.2, 0.25) is 0 Å². The van der Waals surface area contributed by atoms with E-state index in [1.54, 1.807) is 11.6 Å². The highest BCUT2D eigenvalue weighted by molar-refractivity contribution is 5.91. The van der Waals surface area contributed by atoms with E-state index in [9.17, 15) is 4.79 Å². The maximum Gasteiger partial charge on any atom is 0.360 e. The molecule has 0 N–H and O–H groups in total. The molecule has 19 heavy (non-hydrogen) atoms. The molecule has 108 valence electrons. The molecule has 0 atom stereocenters. The Balaban J connectivity index is 3.38. The maximum absolute atomic E-state index is 12.2. The van der Waals surface area contributed by atoms with Crippen LogP contribution in [0.3, 0.4) is 0 Å². The minimum absolute atomic E-state index is 0.0236. The van der Waals surface area contributed by atoms with E-state index in [0.29, 0.717) is 23.7 Å². The number of esters is 1. The van der Waals surface area contributed by atoms with Gasteiger partial charge in [0.2, 0.25) is 0 Å². The van der Waals surface area contributed by atoms with Crippen LogP contribution in [0.5, 0.6) is 5.75 Å². The third-order valence-electron chi connectivity index (χ3n) is 2.46. The van der Waals surface area contributed by atoms with E-state index in [4.69, 9.17) is 9.47 Å². The smallest absolute Gasteiger partial charge is 0.360 e. The van der Waals surface area contributed by atoms with Crippen LogP contribution in [0.4, 0.5) is 0 Å². The molecule has 1 aromatic heterocycles. The molecule has 0 saturated heterocycles. The van der Waals surface area contributed by atoms with Crippen molar-refractivity contribution in [1.29, 1.82) is 0 Å². The first-order valence-corrected chi connectivity index (χ1v) is 6.62. The van der Waals surface area contributed by atoms with Crippen LogP contribution >= 0.6 is 0 Å². The van der Waals surface area contributed by atoms with Gasteiger partial charge in [0, 0.05) is 0 Å². The van der Waals surface area contributed by atoms with Gasteiger partial charge in [-0.1, -0.05) is 0 Å². The van der Waals surface area contributed by atoms with Gasteiger partial charge in [0.05, 0.1) is 18.2 Å². The Morgan fingerprint density at radius 3 is 2.37 bits per heavy atom. The van der Waals surface area contributed by atoms with Gasteiger partial charge in [-0.15, -0.1) is 0 Å². The van der Waals surface area contributed by atoms with Crippen molar-refractivity contribution in [3.05, 3.63) is 11.4 Å². The first-order valence-electron chi connectivity index (χ1n) is 6.62. The van der Waals surface area contributed by atoms with Crippen molar-refractivity contribution in [2.24, 2.45) is 0 Å². The minimum atomic E-state index is -0.395. The SMILES string of the molecule is CCOC(=O)c1c(OC(C)C)c(C)nn1C(C)(C)C. The lowest BCUT2D eigenvalue weighted by atomic mass is 10.1. The van der Waals surface area contributed by atoms with Gasteiger partial charge in [0.15, 0.2) is 11.4 Å². The van der Waals surface area contributed by atoms with Gasteiger partial charge in [-0.05, 0) is 48.5 Å². The van der Waals surface area contributed by atoms with Crippen LogP contribution in [-0.2, 0) is 10.3 Å².